The van der Waals surface area contributed by atoms with E-state index >= 15 is 0 Å². The van der Waals surface area contributed by atoms with Crippen molar-refractivity contribution in [1.29, 1.82) is 0 Å². The van der Waals surface area contributed by atoms with Crippen LogP contribution in [0.1, 0.15) is 20.7 Å². The van der Waals surface area contributed by atoms with Gasteiger partial charge in [0.25, 0.3) is 0 Å². The lowest BCUT2D eigenvalue weighted by atomic mass is 10.1. The van der Waals surface area contributed by atoms with E-state index in [1.165, 1.54) is 6.07 Å². The van der Waals surface area contributed by atoms with Gasteiger partial charge in [-0.25, -0.2) is 4.79 Å². The quantitative estimate of drug-likeness (QED) is 0.454. The Morgan fingerprint density at radius 3 is 1.78 bits per heavy atom. The van der Waals surface area contributed by atoms with E-state index in [-0.39, 0.29) is 17.1 Å². The lowest BCUT2D eigenvalue weighted by Gasteiger charge is -2.03. The minimum atomic E-state index is -1.12. The van der Waals surface area contributed by atoms with Crippen LogP contribution in [0.25, 0.3) is 21.5 Å². The molecule has 0 amide bonds. The van der Waals surface area contributed by atoms with Gasteiger partial charge in [0, 0.05) is 10.8 Å². The molecule has 0 aliphatic carbocycles. The molecule has 3 N–H and O–H groups in total. The molecule has 5 heteroatoms. The lowest BCUT2D eigenvalue weighted by molar-refractivity contribution is 0.0694. The fraction of sp³-hybridized carbons (Fsp3) is 0. The molecule has 0 aromatic heterocycles. The number of carboxylic acid groups (broad SMARTS) is 1. The van der Waals surface area contributed by atoms with Crippen LogP contribution in [0.4, 0.5) is 0 Å². The van der Waals surface area contributed by atoms with Gasteiger partial charge in [-0.2, -0.15) is 0 Å². The Bertz CT molecular complexity index is 1150. The van der Waals surface area contributed by atoms with Crippen LogP contribution < -0.4 is 0 Å². The van der Waals surface area contributed by atoms with Crippen molar-refractivity contribution in [3.8, 4) is 11.5 Å². The summed E-state index contributed by atoms with van der Waals surface area (Å²) in [6.45, 7) is 0. The maximum atomic E-state index is 10.7. The monoisotopic (exact) mass is 360 g/mol. The van der Waals surface area contributed by atoms with Crippen molar-refractivity contribution in [2.45, 2.75) is 0 Å². The number of rotatable bonds is 2. The number of aromatic hydroxyl groups is 2. The number of benzene rings is 4. The van der Waals surface area contributed by atoms with Crippen LogP contribution in [-0.4, -0.2) is 27.6 Å². The number of aldehydes is 1. The minimum absolute atomic E-state index is 0.0631. The third-order valence-corrected chi connectivity index (χ3v) is 4.19. The summed E-state index contributed by atoms with van der Waals surface area (Å²) < 4.78 is 0. The van der Waals surface area contributed by atoms with Crippen LogP contribution in [0.15, 0.2) is 72.8 Å². The van der Waals surface area contributed by atoms with Crippen LogP contribution in [0, 0.1) is 0 Å². The second-order valence-corrected chi connectivity index (χ2v) is 5.83. The number of carbonyl (C=O) groups excluding carboxylic acids is 1. The van der Waals surface area contributed by atoms with E-state index < -0.39 is 5.97 Å². The van der Waals surface area contributed by atoms with Crippen LogP contribution in [-0.2, 0) is 0 Å². The maximum Gasteiger partial charge on any atom is 0.339 e. The summed E-state index contributed by atoms with van der Waals surface area (Å²) in [7, 11) is 0. The van der Waals surface area contributed by atoms with Gasteiger partial charge >= 0.3 is 5.97 Å². The Balaban J connectivity index is 0.000000156. The number of hydrogen-bond acceptors (Lipinski definition) is 4. The molecule has 0 saturated heterocycles. The molecule has 4 aromatic carbocycles. The summed E-state index contributed by atoms with van der Waals surface area (Å²) in [4.78, 5) is 21.2. The van der Waals surface area contributed by atoms with Crippen molar-refractivity contribution < 1.29 is 24.9 Å². The van der Waals surface area contributed by atoms with E-state index in [0.29, 0.717) is 22.6 Å². The fourth-order valence-electron chi connectivity index (χ4n) is 2.79. The molecule has 0 aliphatic rings. The summed E-state index contributed by atoms with van der Waals surface area (Å²) in [5, 5.41) is 31.1. The highest BCUT2D eigenvalue weighted by atomic mass is 16.4. The number of carboxylic acids is 1. The Hall–Kier alpha value is -3.86. The normalized spacial score (nSPS) is 10.2. The van der Waals surface area contributed by atoms with Crippen molar-refractivity contribution in [2.75, 3.05) is 0 Å². The molecule has 0 spiro atoms. The second kappa shape index (κ2) is 7.58. The van der Waals surface area contributed by atoms with E-state index in [4.69, 9.17) is 5.11 Å². The molecule has 4 rings (SSSR count). The standard InChI is InChI=1S/C11H8O3.C11H8O2/c12-10-8-4-2-1-3-7(8)5-6-9(10)11(13)14;12-7-9-6-5-8-3-1-2-4-10(8)11(9)13/h1-6,12H,(H,13,14);1-7,13H. The summed E-state index contributed by atoms with van der Waals surface area (Å²) in [5.41, 5.74) is 0.266. The average molecular weight is 360 g/mol. The molecule has 0 saturated carbocycles. The first-order chi connectivity index (χ1) is 13.0. The summed E-state index contributed by atoms with van der Waals surface area (Å²) in [5.74, 6) is -1.23. The number of phenols is 2. The molecule has 0 heterocycles. The molecule has 0 bridgehead atoms. The number of fused-ring (bicyclic) bond motifs is 2. The van der Waals surface area contributed by atoms with Gasteiger partial charge in [-0.1, -0.05) is 60.7 Å². The molecule has 0 radical (unpaired) electrons. The average Bonchev–Trinajstić information content (AvgIpc) is 2.69. The van der Waals surface area contributed by atoms with Crippen molar-refractivity contribution in [3.63, 3.8) is 0 Å². The Morgan fingerprint density at radius 2 is 1.22 bits per heavy atom. The fourth-order valence-corrected chi connectivity index (χ4v) is 2.79. The number of aromatic carboxylic acids is 1. The predicted molar refractivity (Wildman–Crippen MR) is 104 cm³/mol. The van der Waals surface area contributed by atoms with Gasteiger partial charge in [0.2, 0.25) is 0 Å². The summed E-state index contributed by atoms with van der Waals surface area (Å²) in [6, 6.07) is 21.0. The van der Waals surface area contributed by atoms with Gasteiger partial charge in [0.05, 0.1) is 5.56 Å². The number of carbonyl (C=O) groups is 2. The van der Waals surface area contributed by atoms with Crippen LogP contribution >= 0.6 is 0 Å². The van der Waals surface area contributed by atoms with Gasteiger partial charge in [-0.3, -0.25) is 4.79 Å². The zero-order valence-electron chi connectivity index (χ0n) is 14.2. The number of phenolic OH excluding ortho intramolecular Hbond substituents is 1. The van der Waals surface area contributed by atoms with Crippen molar-refractivity contribution in [3.05, 3.63) is 83.9 Å². The third-order valence-electron chi connectivity index (χ3n) is 4.19. The molecule has 5 nitrogen and oxygen atoms in total. The Morgan fingerprint density at radius 1 is 0.704 bits per heavy atom. The van der Waals surface area contributed by atoms with Crippen molar-refractivity contribution in [1.82, 2.24) is 0 Å². The van der Waals surface area contributed by atoms with Gasteiger partial charge in [0.1, 0.15) is 17.1 Å². The topological polar surface area (TPSA) is 94.8 Å². The highest BCUT2D eigenvalue weighted by Crippen LogP contribution is 2.28. The first-order valence-electron chi connectivity index (χ1n) is 8.13. The molecular weight excluding hydrogens is 344 g/mol. The van der Waals surface area contributed by atoms with Gasteiger partial charge in [-0.05, 0) is 22.9 Å². The second-order valence-electron chi connectivity index (χ2n) is 5.83. The maximum absolute atomic E-state index is 10.7. The first-order valence-corrected chi connectivity index (χ1v) is 8.13. The summed E-state index contributed by atoms with van der Waals surface area (Å²) >= 11 is 0. The van der Waals surface area contributed by atoms with Crippen LogP contribution in [0.3, 0.4) is 0 Å². The lowest BCUT2D eigenvalue weighted by Crippen LogP contribution is -1.96. The van der Waals surface area contributed by atoms with Crippen molar-refractivity contribution >= 4 is 33.8 Å². The van der Waals surface area contributed by atoms with Gasteiger partial charge < -0.3 is 15.3 Å². The molecule has 27 heavy (non-hydrogen) atoms. The Kier molecular flexibility index (Phi) is 5.04. The molecule has 0 fully saturated rings. The molecular formula is C22H16O5. The van der Waals surface area contributed by atoms with E-state index in [9.17, 15) is 19.8 Å². The smallest absolute Gasteiger partial charge is 0.339 e. The zero-order valence-corrected chi connectivity index (χ0v) is 14.2. The van der Waals surface area contributed by atoms with E-state index in [1.807, 2.05) is 36.4 Å². The highest BCUT2D eigenvalue weighted by molar-refractivity contribution is 6.00. The first kappa shape index (κ1) is 17.9. The molecule has 0 atom stereocenters. The number of hydrogen-bond donors (Lipinski definition) is 3. The third kappa shape index (κ3) is 3.57. The zero-order chi connectivity index (χ0) is 19.4. The summed E-state index contributed by atoms with van der Waals surface area (Å²) in [6.07, 6.45) is 0.655. The van der Waals surface area contributed by atoms with Crippen LogP contribution in [0.2, 0.25) is 0 Å². The molecule has 0 unspecified atom stereocenters. The molecule has 4 aromatic rings. The van der Waals surface area contributed by atoms with Crippen molar-refractivity contribution in [2.24, 2.45) is 0 Å². The van der Waals surface area contributed by atoms with E-state index in [0.717, 1.165) is 10.8 Å². The predicted octanol–water partition coefficient (Wildman–Crippen LogP) is 4.60. The molecule has 134 valence electrons. The van der Waals surface area contributed by atoms with Gasteiger partial charge in [0.15, 0.2) is 6.29 Å². The van der Waals surface area contributed by atoms with E-state index in [1.54, 1.807) is 30.3 Å². The van der Waals surface area contributed by atoms with Gasteiger partial charge in [-0.15, -0.1) is 0 Å². The molecule has 0 aliphatic heterocycles. The highest BCUT2D eigenvalue weighted by Gasteiger charge is 2.11. The Labute approximate surface area is 154 Å². The van der Waals surface area contributed by atoms with E-state index in [2.05, 4.69) is 0 Å². The SMILES string of the molecule is O=C(O)c1ccc2ccccc2c1O.O=Cc1ccc2ccccc2c1O. The minimum Gasteiger partial charge on any atom is -0.507 e. The largest absolute Gasteiger partial charge is 0.507 e. The van der Waals surface area contributed by atoms with Crippen LogP contribution in [0.5, 0.6) is 11.5 Å².